The first-order valence-electron chi connectivity index (χ1n) is 4.14. The quantitative estimate of drug-likeness (QED) is 0.876. The van der Waals surface area contributed by atoms with Crippen LogP contribution in [-0.4, -0.2) is 5.16 Å². The van der Waals surface area contributed by atoms with Gasteiger partial charge in [0.1, 0.15) is 0 Å². The molecule has 0 aliphatic heterocycles. The summed E-state index contributed by atoms with van der Waals surface area (Å²) in [6, 6.07) is 2.00. The molecule has 0 aliphatic carbocycles. The molecule has 0 spiro atoms. The highest BCUT2D eigenvalue weighted by atomic mass is 35.5. The maximum absolute atomic E-state index is 5.96. The Balaban J connectivity index is 2.02. The lowest BCUT2D eigenvalue weighted by Gasteiger charge is -2.01. The van der Waals surface area contributed by atoms with Gasteiger partial charge < -0.3 is 9.84 Å². The maximum atomic E-state index is 5.96. The van der Waals surface area contributed by atoms with Gasteiger partial charge in [0.05, 0.1) is 16.2 Å². The highest BCUT2D eigenvalue weighted by Crippen LogP contribution is 2.24. The molecule has 0 saturated heterocycles. The fourth-order valence-corrected chi connectivity index (χ4v) is 2.03. The number of anilines is 1. The van der Waals surface area contributed by atoms with E-state index in [1.165, 1.54) is 11.3 Å². The third-order valence-corrected chi connectivity index (χ3v) is 3.16. The Morgan fingerprint density at radius 3 is 3.07 bits per heavy atom. The Kier molecular flexibility index (Phi) is 2.74. The molecule has 0 radical (unpaired) electrons. The van der Waals surface area contributed by atoms with E-state index in [1.54, 1.807) is 6.20 Å². The number of nitrogens with zero attached hydrogens (tertiary/aromatic N) is 1. The minimum absolute atomic E-state index is 0.699. The topological polar surface area (TPSA) is 38.1 Å². The number of aromatic nitrogens is 1. The van der Waals surface area contributed by atoms with E-state index < -0.39 is 0 Å². The first kappa shape index (κ1) is 9.55. The minimum atomic E-state index is 0.699. The van der Waals surface area contributed by atoms with Crippen molar-refractivity contribution in [2.45, 2.75) is 13.5 Å². The summed E-state index contributed by atoms with van der Waals surface area (Å²) < 4.78 is 5.75. The van der Waals surface area contributed by atoms with Crippen LogP contribution in [0.25, 0.3) is 0 Å². The molecule has 5 heteroatoms. The average molecular weight is 229 g/mol. The zero-order chi connectivity index (χ0) is 9.97. The molecule has 1 N–H and O–H groups in total. The predicted octanol–water partition coefficient (Wildman–Crippen LogP) is 3.31. The van der Waals surface area contributed by atoms with Gasteiger partial charge in [-0.15, -0.1) is 11.3 Å². The molecule has 0 amide bonds. The lowest BCUT2D eigenvalue weighted by molar-refractivity contribution is 0.398. The number of aryl methyl sites for hydroxylation is 1. The highest BCUT2D eigenvalue weighted by Gasteiger charge is 2.04. The summed E-state index contributed by atoms with van der Waals surface area (Å²) in [4.78, 5) is 0. The van der Waals surface area contributed by atoms with Crippen LogP contribution >= 0.6 is 22.9 Å². The first-order chi connectivity index (χ1) is 6.77. The third-order valence-electron chi connectivity index (χ3n) is 1.91. The molecular formula is C9H9ClN2OS. The molecule has 14 heavy (non-hydrogen) atoms. The molecule has 3 nitrogen and oxygen atoms in total. The first-order valence-corrected chi connectivity index (χ1v) is 5.40. The number of rotatable bonds is 3. The second-order valence-electron chi connectivity index (χ2n) is 2.87. The fraction of sp³-hybridized carbons (Fsp3) is 0.222. The number of nitrogens with one attached hydrogen (secondary N) is 1. The summed E-state index contributed by atoms with van der Waals surface area (Å²) in [6.45, 7) is 2.56. The van der Waals surface area contributed by atoms with Crippen LogP contribution in [0.15, 0.2) is 22.2 Å². The van der Waals surface area contributed by atoms with Crippen LogP contribution in [0.3, 0.4) is 0 Å². The lowest BCUT2D eigenvalue weighted by Crippen LogP contribution is -1.98. The Morgan fingerprint density at radius 1 is 1.64 bits per heavy atom. The van der Waals surface area contributed by atoms with Crippen molar-refractivity contribution in [2.75, 3.05) is 5.32 Å². The predicted molar refractivity (Wildman–Crippen MR) is 57.9 cm³/mol. The van der Waals surface area contributed by atoms with E-state index in [9.17, 15) is 0 Å². The monoisotopic (exact) mass is 228 g/mol. The van der Waals surface area contributed by atoms with Crippen LogP contribution in [0, 0.1) is 6.92 Å². The average Bonchev–Trinajstić information content (AvgIpc) is 2.72. The van der Waals surface area contributed by atoms with Crippen LogP contribution in [0.1, 0.15) is 11.3 Å². The highest BCUT2D eigenvalue weighted by molar-refractivity contribution is 7.14. The lowest BCUT2D eigenvalue weighted by atomic mass is 10.3. The molecule has 0 bridgehead atoms. The van der Waals surface area contributed by atoms with Crippen molar-refractivity contribution in [1.82, 2.24) is 5.16 Å². The van der Waals surface area contributed by atoms with Gasteiger partial charge in [0.25, 0.3) is 0 Å². The summed E-state index contributed by atoms with van der Waals surface area (Å²) >= 11 is 7.49. The van der Waals surface area contributed by atoms with Crippen LogP contribution in [0.4, 0.5) is 5.69 Å². The minimum Gasteiger partial charge on any atom is -0.377 e. The van der Waals surface area contributed by atoms with Crippen LogP contribution < -0.4 is 5.32 Å². The van der Waals surface area contributed by atoms with Crippen molar-refractivity contribution in [3.8, 4) is 0 Å². The molecule has 0 saturated carbocycles. The Hall–Kier alpha value is -1.00. The van der Waals surface area contributed by atoms with Gasteiger partial charge in [0, 0.05) is 12.1 Å². The van der Waals surface area contributed by atoms with Gasteiger partial charge in [0.2, 0.25) is 0 Å². The van der Waals surface area contributed by atoms with E-state index in [4.69, 9.17) is 16.1 Å². The standard InChI is InChI=1S/C9H9ClN2OS/c1-6-8(5-12-13-6)11-4-7-2-3-14-9(7)10/h2-3,5,11H,4H2,1H3. The van der Waals surface area contributed by atoms with E-state index in [-0.39, 0.29) is 0 Å². The molecular weight excluding hydrogens is 220 g/mol. The maximum Gasteiger partial charge on any atom is 0.156 e. The molecule has 74 valence electrons. The van der Waals surface area contributed by atoms with Crippen LogP contribution in [0.2, 0.25) is 4.34 Å². The number of thiophene rings is 1. The van der Waals surface area contributed by atoms with Crippen molar-refractivity contribution < 1.29 is 4.52 Å². The van der Waals surface area contributed by atoms with E-state index in [0.717, 1.165) is 21.3 Å². The molecule has 2 rings (SSSR count). The van der Waals surface area contributed by atoms with Crippen molar-refractivity contribution in [1.29, 1.82) is 0 Å². The summed E-state index contributed by atoms with van der Waals surface area (Å²) in [5, 5.41) is 8.85. The summed E-state index contributed by atoms with van der Waals surface area (Å²) in [6.07, 6.45) is 1.66. The second kappa shape index (κ2) is 4.02. The molecule has 0 atom stereocenters. The molecule has 0 unspecified atom stereocenters. The zero-order valence-corrected chi connectivity index (χ0v) is 9.15. The third kappa shape index (κ3) is 1.91. The van der Waals surface area contributed by atoms with Crippen molar-refractivity contribution in [2.24, 2.45) is 0 Å². The van der Waals surface area contributed by atoms with Crippen molar-refractivity contribution >= 4 is 28.6 Å². The van der Waals surface area contributed by atoms with Gasteiger partial charge >= 0.3 is 0 Å². The van der Waals surface area contributed by atoms with Gasteiger partial charge in [-0.1, -0.05) is 16.8 Å². The molecule has 0 aliphatic rings. The summed E-state index contributed by atoms with van der Waals surface area (Å²) in [5.41, 5.74) is 2.00. The largest absolute Gasteiger partial charge is 0.377 e. The normalized spacial score (nSPS) is 10.4. The van der Waals surface area contributed by atoms with Gasteiger partial charge in [-0.3, -0.25) is 0 Å². The summed E-state index contributed by atoms with van der Waals surface area (Å²) in [7, 11) is 0. The fourth-order valence-electron chi connectivity index (χ4n) is 1.10. The van der Waals surface area contributed by atoms with E-state index >= 15 is 0 Å². The Bertz CT molecular complexity index is 384. The Labute approximate surface area is 90.7 Å². The number of hydrogen-bond donors (Lipinski definition) is 1. The number of halogens is 1. The SMILES string of the molecule is Cc1oncc1NCc1ccsc1Cl. The van der Waals surface area contributed by atoms with E-state index in [2.05, 4.69) is 10.5 Å². The van der Waals surface area contributed by atoms with Gasteiger partial charge in [0.15, 0.2) is 5.76 Å². The summed E-state index contributed by atoms with van der Waals surface area (Å²) in [5.74, 6) is 0.788. The smallest absolute Gasteiger partial charge is 0.156 e. The molecule has 2 aromatic rings. The number of hydrogen-bond acceptors (Lipinski definition) is 4. The second-order valence-corrected chi connectivity index (χ2v) is 4.39. The van der Waals surface area contributed by atoms with Crippen LogP contribution in [-0.2, 0) is 6.54 Å². The van der Waals surface area contributed by atoms with Gasteiger partial charge in [-0.2, -0.15) is 0 Å². The van der Waals surface area contributed by atoms with Gasteiger partial charge in [-0.25, -0.2) is 0 Å². The van der Waals surface area contributed by atoms with Crippen LogP contribution in [0.5, 0.6) is 0 Å². The molecule has 2 aromatic heterocycles. The van der Waals surface area contributed by atoms with E-state index in [0.29, 0.717) is 6.54 Å². The zero-order valence-electron chi connectivity index (χ0n) is 7.58. The van der Waals surface area contributed by atoms with Crippen molar-refractivity contribution in [3.63, 3.8) is 0 Å². The molecule has 0 fully saturated rings. The Morgan fingerprint density at radius 2 is 2.50 bits per heavy atom. The molecule has 2 heterocycles. The van der Waals surface area contributed by atoms with E-state index in [1.807, 2.05) is 18.4 Å². The van der Waals surface area contributed by atoms with Crippen molar-refractivity contribution in [3.05, 3.63) is 33.3 Å². The molecule has 0 aromatic carbocycles. The van der Waals surface area contributed by atoms with Gasteiger partial charge in [-0.05, 0) is 18.4 Å².